The van der Waals surface area contributed by atoms with E-state index in [0.29, 0.717) is 5.82 Å². The van der Waals surface area contributed by atoms with Gasteiger partial charge in [0, 0.05) is 0 Å². The van der Waals surface area contributed by atoms with Gasteiger partial charge in [0.05, 0.1) is 5.41 Å². The lowest BCUT2D eigenvalue weighted by atomic mass is 9.90. The normalized spacial score (nSPS) is 17.2. The molecule has 0 amide bonds. The van der Waals surface area contributed by atoms with Gasteiger partial charge in [-0.3, -0.25) is 0 Å². The number of aryl methyl sites for hydroxylation is 1. The molecule has 0 atom stereocenters. The Morgan fingerprint density at radius 1 is 1.24 bits per heavy atom. The second kappa shape index (κ2) is 4.61. The standard InChI is InChI=1S/C16H18F2N2O/c1-10-6-4-5-7-11(10)16(8-9-16)13-19-14(21-20-13)15(2,3)12(17)18/h4-7,12H,8-9H2,1-3H3. The molecule has 0 radical (unpaired) electrons. The second-order valence-corrected chi connectivity index (χ2v) is 6.34. The van der Waals surface area contributed by atoms with Gasteiger partial charge in [-0.15, -0.1) is 0 Å². The Hall–Kier alpha value is -1.78. The zero-order valence-electron chi connectivity index (χ0n) is 12.4. The van der Waals surface area contributed by atoms with Crippen LogP contribution in [-0.4, -0.2) is 16.6 Å². The summed E-state index contributed by atoms with van der Waals surface area (Å²) in [6.07, 6.45) is -0.697. The maximum absolute atomic E-state index is 13.1. The summed E-state index contributed by atoms with van der Waals surface area (Å²) in [5.41, 5.74) is 0.639. The van der Waals surface area contributed by atoms with E-state index in [1.165, 1.54) is 13.8 Å². The van der Waals surface area contributed by atoms with Crippen molar-refractivity contribution in [3.8, 4) is 0 Å². The van der Waals surface area contributed by atoms with E-state index in [2.05, 4.69) is 16.2 Å². The van der Waals surface area contributed by atoms with Crippen molar-refractivity contribution < 1.29 is 13.3 Å². The minimum atomic E-state index is -2.54. The highest BCUT2D eigenvalue weighted by atomic mass is 19.3. The molecule has 3 nitrogen and oxygen atoms in total. The molecule has 0 bridgehead atoms. The maximum Gasteiger partial charge on any atom is 0.252 e. The van der Waals surface area contributed by atoms with E-state index in [-0.39, 0.29) is 11.3 Å². The van der Waals surface area contributed by atoms with E-state index in [0.717, 1.165) is 24.0 Å². The third-order valence-electron chi connectivity index (χ3n) is 4.36. The molecule has 1 aromatic carbocycles. The average molecular weight is 292 g/mol. The maximum atomic E-state index is 13.1. The van der Waals surface area contributed by atoms with Gasteiger partial charge in [0.15, 0.2) is 5.82 Å². The topological polar surface area (TPSA) is 38.9 Å². The summed E-state index contributed by atoms with van der Waals surface area (Å²) in [5.74, 6) is 0.535. The monoisotopic (exact) mass is 292 g/mol. The lowest BCUT2D eigenvalue weighted by molar-refractivity contribution is 0.0505. The molecule has 21 heavy (non-hydrogen) atoms. The summed E-state index contributed by atoms with van der Waals surface area (Å²) in [4.78, 5) is 4.30. The van der Waals surface area contributed by atoms with Crippen molar-refractivity contribution in [2.24, 2.45) is 0 Å². The summed E-state index contributed by atoms with van der Waals surface area (Å²) >= 11 is 0. The number of halogens is 2. The molecule has 0 spiro atoms. The molecule has 5 heteroatoms. The zero-order chi connectivity index (χ0) is 15.3. The number of benzene rings is 1. The first-order valence-electron chi connectivity index (χ1n) is 7.07. The quantitative estimate of drug-likeness (QED) is 0.855. The van der Waals surface area contributed by atoms with Crippen LogP contribution in [0.15, 0.2) is 28.8 Å². The minimum absolute atomic E-state index is 0.00681. The second-order valence-electron chi connectivity index (χ2n) is 6.34. The predicted molar refractivity (Wildman–Crippen MR) is 74.5 cm³/mol. The lowest BCUT2D eigenvalue weighted by Gasteiger charge is -2.18. The Morgan fingerprint density at radius 2 is 1.90 bits per heavy atom. The zero-order valence-corrected chi connectivity index (χ0v) is 12.4. The van der Waals surface area contributed by atoms with Crippen molar-refractivity contribution in [3.05, 3.63) is 47.1 Å². The van der Waals surface area contributed by atoms with Gasteiger partial charge in [0.2, 0.25) is 5.89 Å². The first kappa shape index (κ1) is 14.2. The Labute approximate surface area is 122 Å². The third kappa shape index (κ3) is 2.15. The van der Waals surface area contributed by atoms with Crippen LogP contribution in [0.25, 0.3) is 0 Å². The van der Waals surface area contributed by atoms with E-state index in [1.807, 2.05) is 25.1 Å². The van der Waals surface area contributed by atoms with Gasteiger partial charge in [0.25, 0.3) is 6.43 Å². The highest BCUT2D eigenvalue weighted by Gasteiger charge is 2.51. The predicted octanol–water partition coefficient (Wildman–Crippen LogP) is 4.00. The summed E-state index contributed by atoms with van der Waals surface area (Å²) < 4.78 is 31.3. The van der Waals surface area contributed by atoms with Gasteiger partial charge < -0.3 is 4.52 Å². The molecule has 1 fully saturated rings. The van der Waals surface area contributed by atoms with Gasteiger partial charge in [-0.2, -0.15) is 4.98 Å². The van der Waals surface area contributed by atoms with E-state index >= 15 is 0 Å². The van der Waals surface area contributed by atoms with E-state index < -0.39 is 11.8 Å². The van der Waals surface area contributed by atoms with Crippen molar-refractivity contribution in [1.29, 1.82) is 0 Å². The Balaban J connectivity index is 1.99. The van der Waals surface area contributed by atoms with E-state index in [4.69, 9.17) is 4.52 Å². The van der Waals surface area contributed by atoms with Gasteiger partial charge in [0.1, 0.15) is 5.41 Å². The molecular formula is C16H18F2N2O. The minimum Gasteiger partial charge on any atom is -0.338 e. The van der Waals surface area contributed by atoms with Gasteiger partial charge in [-0.25, -0.2) is 8.78 Å². The molecule has 112 valence electrons. The number of hydrogen-bond acceptors (Lipinski definition) is 3. The smallest absolute Gasteiger partial charge is 0.252 e. The first-order valence-corrected chi connectivity index (χ1v) is 7.07. The summed E-state index contributed by atoms with van der Waals surface area (Å²) in [6, 6.07) is 8.05. The molecule has 2 aromatic rings. The van der Waals surface area contributed by atoms with Crippen molar-refractivity contribution >= 4 is 0 Å². The van der Waals surface area contributed by atoms with Gasteiger partial charge >= 0.3 is 0 Å². The highest BCUT2D eigenvalue weighted by molar-refractivity contribution is 5.43. The van der Waals surface area contributed by atoms with Crippen LogP contribution in [0.1, 0.15) is 49.5 Å². The van der Waals surface area contributed by atoms with Crippen LogP contribution in [0.3, 0.4) is 0 Å². The Morgan fingerprint density at radius 3 is 2.48 bits per heavy atom. The SMILES string of the molecule is Cc1ccccc1C1(c2noc(C(C)(C)C(F)F)n2)CC1. The lowest BCUT2D eigenvalue weighted by Crippen LogP contribution is -2.27. The fourth-order valence-electron chi connectivity index (χ4n) is 2.62. The van der Waals surface area contributed by atoms with E-state index in [9.17, 15) is 8.78 Å². The number of nitrogens with zero attached hydrogens (tertiary/aromatic N) is 2. The third-order valence-corrected chi connectivity index (χ3v) is 4.36. The van der Waals surface area contributed by atoms with Gasteiger partial charge in [-0.05, 0) is 44.7 Å². The Bertz CT molecular complexity index is 660. The van der Waals surface area contributed by atoms with Crippen LogP contribution in [-0.2, 0) is 10.8 Å². The molecule has 0 saturated heterocycles. The molecule has 0 aliphatic heterocycles. The number of alkyl halides is 2. The number of aromatic nitrogens is 2. The molecule has 0 N–H and O–H groups in total. The summed E-state index contributed by atoms with van der Waals surface area (Å²) in [5, 5.41) is 4.00. The van der Waals surface area contributed by atoms with Crippen molar-refractivity contribution in [2.75, 3.05) is 0 Å². The van der Waals surface area contributed by atoms with E-state index in [1.54, 1.807) is 0 Å². The van der Waals surface area contributed by atoms with Crippen LogP contribution >= 0.6 is 0 Å². The molecule has 1 aliphatic carbocycles. The average Bonchev–Trinajstić information content (AvgIpc) is 3.08. The molecule has 3 rings (SSSR count). The Kier molecular flexibility index (Phi) is 3.11. The fraction of sp³-hybridized carbons (Fsp3) is 0.500. The number of hydrogen-bond donors (Lipinski definition) is 0. The van der Waals surface area contributed by atoms with Crippen molar-refractivity contribution in [2.45, 2.75) is 50.9 Å². The van der Waals surface area contributed by atoms with Crippen LogP contribution < -0.4 is 0 Å². The van der Waals surface area contributed by atoms with Gasteiger partial charge in [-0.1, -0.05) is 29.4 Å². The largest absolute Gasteiger partial charge is 0.338 e. The number of rotatable bonds is 4. The first-order chi connectivity index (χ1) is 9.88. The fourth-order valence-corrected chi connectivity index (χ4v) is 2.62. The van der Waals surface area contributed by atoms with Crippen molar-refractivity contribution in [3.63, 3.8) is 0 Å². The molecule has 1 aromatic heterocycles. The summed E-state index contributed by atoms with van der Waals surface area (Å²) in [7, 11) is 0. The van der Waals surface area contributed by atoms with Crippen molar-refractivity contribution in [1.82, 2.24) is 10.1 Å². The molecule has 1 heterocycles. The molecule has 0 unspecified atom stereocenters. The molecule has 1 aliphatic rings. The highest BCUT2D eigenvalue weighted by Crippen LogP contribution is 2.53. The van der Waals surface area contributed by atoms with Crippen LogP contribution in [0.4, 0.5) is 8.78 Å². The summed E-state index contributed by atoms with van der Waals surface area (Å²) in [6.45, 7) is 4.88. The van der Waals surface area contributed by atoms with Crippen LogP contribution in [0.2, 0.25) is 0 Å². The molecular weight excluding hydrogens is 274 g/mol. The van der Waals surface area contributed by atoms with Crippen LogP contribution in [0, 0.1) is 6.92 Å². The molecule has 1 saturated carbocycles. The van der Waals surface area contributed by atoms with Crippen LogP contribution in [0.5, 0.6) is 0 Å².